The Morgan fingerprint density at radius 1 is 1.29 bits per heavy atom. The summed E-state index contributed by atoms with van der Waals surface area (Å²) in [6.07, 6.45) is 0. The molecule has 0 aliphatic carbocycles. The van der Waals surface area contributed by atoms with E-state index in [2.05, 4.69) is 0 Å². The molecule has 14 heavy (non-hydrogen) atoms. The zero-order valence-electron chi connectivity index (χ0n) is 6.70. The molecule has 0 aromatic heterocycles. The van der Waals surface area contributed by atoms with Gasteiger partial charge < -0.3 is 5.11 Å². The number of nitrogens with one attached hydrogen (secondary N) is 1. The lowest BCUT2D eigenvalue weighted by atomic mass is 10.0. The normalized spacial score (nSPS) is 14.1. The third-order valence-electron chi connectivity index (χ3n) is 1.53. The fourth-order valence-corrected chi connectivity index (χ4v) is 0.949. The molecule has 0 radical (unpaired) electrons. The van der Waals surface area contributed by atoms with Crippen LogP contribution in [0.1, 0.15) is 0 Å². The summed E-state index contributed by atoms with van der Waals surface area (Å²) < 4.78 is 0. The first-order valence-corrected chi connectivity index (χ1v) is 3.35. The van der Waals surface area contributed by atoms with Crippen LogP contribution in [0.5, 0.6) is 0 Å². The van der Waals surface area contributed by atoms with Gasteiger partial charge in [0.1, 0.15) is 29.4 Å². The van der Waals surface area contributed by atoms with Crippen molar-refractivity contribution < 1.29 is 9.90 Å². The first-order chi connectivity index (χ1) is 6.65. The van der Waals surface area contributed by atoms with Crippen LogP contribution < -0.4 is 5.32 Å². The highest BCUT2D eigenvalue weighted by molar-refractivity contribution is 6.05. The van der Waals surface area contributed by atoms with Crippen molar-refractivity contribution >= 4 is 5.91 Å². The molecule has 0 aromatic rings. The summed E-state index contributed by atoms with van der Waals surface area (Å²) in [7, 11) is 0. The van der Waals surface area contributed by atoms with E-state index in [-0.39, 0.29) is 11.1 Å². The molecule has 0 saturated heterocycles. The summed E-state index contributed by atoms with van der Waals surface area (Å²) in [6.45, 7) is 0. The maximum Gasteiger partial charge on any atom is 0.261 e. The second-order valence-electron chi connectivity index (χ2n) is 2.26. The van der Waals surface area contributed by atoms with Gasteiger partial charge in [0, 0.05) is 0 Å². The molecular weight excluding hydrogens is 184 g/mol. The number of carbonyl (C=O) groups is 1. The number of nitriles is 3. The molecule has 6 heteroatoms. The number of hydrogen-bond donors (Lipinski definition) is 2. The number of aliphatic hydroxyl groups is 1. The van der Waals surface area contributed by atoms with Gasteiger partial charge in [-0.15, -0.1) is 0 Å². The summed E-state index contributed by atoms with van der Waals surface area (Å²) in [5.41, 5.74) is -1.26. The molecule has 1 aliphatic heterocycles. The molecule has 1 heterocycles. The molecule has 1 aliphatic rings. The van der Waals surface area contributed by atoms with Gasteiger partial charge >= 0.3 is 0 Å². The van der Waals surface area contributed by atoms with E-state index in [0.717, 1.165) is 0 Å². The first-order valence-electron chi connectivity index (χ1n) is 3.35. The lowest BCUT2D eigenvalue weighted by molar-refractivity contribution is -0.116. The Balaban J connectivity index is 3.48. The van der Waals surface area contributed by atoms with Gasteiger partial charge in [0.2, 0.25) is 5.88 Å². The van der Waals surface area contributed by atoms with Gasteiger partial charge in [0.25, 0.3) is 5.91 Å². The summed E-state index contributed by atoms with van der Waals surface area (Å²) in [5.74, 6) is -1.45. The Morgan fingerprint density at radius 3 is 2.29 bits per heavy atom. The molecule has 1 rings (SSSR count). The van der Waals surface area contributed by atoms with Crippen LogP contribution in [0.3, 0.4) is 0 Å². The van der Waals surface area contributed by atoms with Crippen molar-refractivity contribution in [3.63, 3.8) is 0 Å². The number of aliphatic hydroxyl groups excluding tert-OH is 1. The van der Waals surface area contributed by atoms with E-state index in [1.54, 1.807) is 0 Å². The quantitative estimate of drug-likeness (QED) is 0.399. The smallest absolute Gasteiger partial charge is 0.261 e. The predicted octanol–water partition coefficient (Wildman–Crippen LogP) is -0.247. The highest BCUT2D eigenvalue weighted by Gasteiger charge is 2.30. The average Bonchev–Trinajstić information content (AvgIpc) is 2.44. The number of hydrogen-bond acceptors (Lipinski definition) is 5. The summed E-state index contributed by atoms with van der Waals surface area (Å²) in [6, 6.07) is 4.47. The number of allylic oxidation sites excluding steroid dienone is 1. The highest BCUT2D eigenvalue weighted by Crippen LogP contribution is 2.21. The van der Waals surface area contributed by atoms with Crippen LogP contribution >= 0.6 is 0 Å². The Hall–Kier alpha value is -2.78. The van der Waals surface area contributed by atoms with Crippen molar-refractivity contribution in [2.24, 2.45) is 0 Å². The van der Waals surface area contributed by atoms with E-state index in [9.17, 15) is 4.79 Å². The number of amides is 1. The van der Waals surface area contributed by atoms with Gasteiger partial charge in [0.05, 0.1) is 5.57 Å². The summed E-state index contributed by atoms with van der Waals surface area (Å²) >= 11 is 0. The van der Waals surface area contributed by atoms with Crippen molar-refractivity contribution in [2.75, 3.05) is 0 Å². The van der Waals surface area contributed by atoms with Gasteiger partial charge in [-0.2, -0.15) is 15.8 Å². The van der Waals surface area contributed by atoms with Gasteiger partial charge in [-0.1, -0.05) is 0 Å². The molecule has 0 fully saturated rings. The van der Waals surface area contributed by atoms with Crippen LogP contribution in [0.2, 0.25) is 0 Å². The SMILES string of the molecule is N#CC(C#N)=C1C(=O)NC(O)=C1C#N. The Bertz CT molecular complexity index is 477. The minimum Gasteiger partial charge on any atom is -0.494 e. The Labute approximate surface area is 78.6 Å². The Kier molecular flexibility index (Phi) is 2.20. The van der Waals surface area contributed by atoms with Crippen LogP contribution in [0.15, 0.2) is 22.6 Å². The molecule has 6 nitrogen and oxygen atoms in total. The highest BCUT2D eigenvalue weighted by atomic mass is 16.3. The topological polar surface area (TPSA) is 121 Å². The molecule has 0 saturated carbocycles. The van der Waals surface area contributed by atoms with Crippen molar-refractivity contribution in [3.05, 3.63) is 22.6 Å². The largest absolute Gasteiger partial charge is 0.494 e. The van der Waals surface area contributed by atoms with E-state index in [1.807, 2.05) is 5.32 Å². The average molecular weight is 186 g/mol. The molecule has 0 aromatic carbocycles. The second-order valence-corrected chi connectivity index (χ2v) is 2.26. The van der Waals surface area contributed by atoms with Crippen LogP contribution in [-0.4, -0.2) is 11.0 Å². The molecule has 0 atom stereocenters. The third-order valence-corrected chi connectivity index (χ3v) is 1.53. The maximum absolute atomic E-state index is 11.1. The van der Waals surface area contributed by atoms with Gasteiger partial charge in [-0.25, -0.2) is 0 Å². The predicted molar refractivity (Wildman–Crippen MR) is 41.7 cm³/mol. The molecular formula is C8H2N4O2. The zero-order valence-corrected chi connectivity index (χ0v) is 6.70. The Morgan fingerprint density at radius 2 is 1.86 bits per heavy atom. The molecule has 0 bridgehead atoms. The van der Waals surface area contributed by atoms with E-state index < -0.39 is 17.4 Å². The number of carbonyl (C=O) groups excluding carboxylic acids is 1. The van der Waals surface area contributed by atoms with Crippen molar-refractivity contribution in [3.8, 4) is 18.2 Å². The van der Waals surface area contributed by atoms with Crippen molar-refractivity contribution in [2.45, 2.75) is 0 Å². The minimum absolute atomic E-state index is 0.380. The van der Waals surface area contributed by atoms with Crippen LogP contribution in [0.4, 0.5) is 0 Å². The monoisotopic (exact) mass is 186 g/mol. The van der Waals surface area contributed by atoms with Crippen LogP contribution in [0, 0.1) is 34.0 Å². The van der Waals surface area contributed by atoms with E-state index in [0.29, 0.717) is 0 Å². The molecule has 66 valence electrons. The molecule has 1 amide bonds. The summed E-state index contributed by atoms with van der Waals surface area (Å²) in [5, 5.41) is 36.5. The van der Waals surface area contributed by atoms with Gasteiger partial charge in [-0.05, 0) is 0 Å². The standard InChI is InChI=1S/C8H2N4O2/c9-1-4(2-10)6-5(3-11)7(13)12-8(6)14/h13H,(H,12,14). The van der Waals surface area contributed by atoms with E-state index in [1.165, 1.54) is 18.2 Å². The van der Waals surface area contributed by atoms with Crippen molar-refractivity contribution in [1.82, 2.24) is 5.32 Å². The fraction of sp³-hybridized carbons (Fsp3) is 0. The van der Waals surface area contributed by atoms with Crippen molar-refractivity contribution in [1.29, 1.82) is 15.8 Å². The van der Waals surface area contributed by atoms with Crippen LogP contribution in [0.25, 0.3) is 0 Å². The minimum atomic E-state index is -0.822. The van der Waals surface area contributed by atoms with Crippen LogP contribution in [-0.2, 0) is 4.79 Å². The summed E-state index contributed by atoms with van der Waals surface area (Å²) in [4.78, 5) is 11.1. The maximum atomic E-state index is 11.1. The zero-order chi connectivity index (χ0) is 10.7. The number of rotatable bonds is 0. The molecule has 2 N–H and O–H groups in total. The lowest BCUT2D eigenvalue weighted by Gasteiger charge is -1.91. The molecule has 0 spiro atoms. The number of nitrogens with zero attached hydrogens (tertiary/aromatic N) is 3. The lowest BCUT2D eigenvalue weighted by Crippen LogP contribution is -2.16. The molecule has 0 unspecified atom stereocenters. The third kappa shape index (κ3) is 1.16. The van der Waals surface area contributed by atoms with Gasteiger partial charge in [0.15, 0.2) is 0 Å². The van der Waals surface area contributed by atoms with Gasteiger partial charge in [-0.3, -0.25) is 10.1 Å². The fourth-order valence-electron chi connectivity index (χ4n) is 0.949. The van der Waals surface area contributed by atoms with E-state index in [4.69, 9.17) is 20.9 Å². The van der Waals surface area contributed by atoms with E-state index >= 15 is 0 Å². The first kappa shape index (κ1) is 9.31. The second kappa shape index (κ2) is 3.30.